The normalized spacial score (nSPS) is 15.7. The van der Waals surface area contributed by atoms with E-state index in [1.54, 1.807) is 12.4 Å². The van der Waals surface area contributed by atoms with Gasteiger partial charge in [0.1, 0.15) is 10.8 Å². The second kappa shape index (κ2) is 5.58. The maximum atomic E-state index is 11.8. The predicted molar refractivity (Wildman–Crippen MR) is 79.7 cm³/mol. The molecule has 1 aliphatic carbocycles. The number of urea groups is 1. The highest BCUT2D eigenvalue weighted by Gasteiger charge is 2.28. The fourth-order valence-electron chi connectivity index (χ4n) is 2.03. The van der Waals surface area contributed by atoms with Crippen LogP contribution in [0.5, 0.6) is 0 Å². The van der Waals surface area contributed by atoms with Crippen molar-refractivity contribution < 1.29 is 4.79 Å². The number of aromatic nitrogens is 2. The Kier molecular flexibility index (Phi) is 3.64. The van der Waals surface area contributed by atoms with Crippen molar-refractivity contribution in [1.82, 2.24) is 15.3 Å². The first-order chi connectivity index (χ1) is 9.72. The molecule has 6 heteroatoms. The monoisotopic (exact) mass is 288 g/mol. The number of carbonyl (C=O) groups excluding carboxylic acids is 1. The summed E-state index contributed by atoms with van der Waals surface area (Å²) in [5.74, 6) is 1.23. The van der Waals surface area contributed by atoms with Gasteiger partial charge >= 0.3 is 6.03 Å². The average Bonchev–Trinajstić information content (AvgIpc) is 3.21. The molecule has 0 aliphatic heterocycles. The number of hydrogen-bond donors (Lipinski definition) is 2. The number of carbonyl (C=O) groups is 1. The number of amides is 2. The molecule has 0 saturated heterocycles. The smallest absolute Gasteiger partial charge is 0.320 e. The third-order valence-electron chi connectivity index (χ3n) is 3.36. The SMILES string of the molecule is C[C@H](NC(=O)Nc1csc(-c2ccncc2)n1)C1CC1. The van der Waals surface area contributed by atoms with Gasteiger partial charge in [0, 0.05) is 29.4 Å². The molecule has 0 spiro atoms. The van der Waals surface area contributed by atoms with Gasteiger partial charge in [-0.3, -0.25) is 10.3 Å². The van der Waals surface area contributed by atoms with Gasteiger partial charge < -0.3 is 5.32 Å². The second-order valence-electron chi connectivity index (χ2n) is 5.00. The molecular weight excluding hydrogens is 272 g/mol. The molecule has 1 saturated carbocycles. The second-order valence-corrected chi connectivity index (χ2v) is 5.86. The van der Waals surface area contributed by atoms with E-state index < -0.39 is 0 Å². The summed E-state index contributed by atoms with van der Waals surface area (Å²) in [6.45, 7) is 2.04. The summed E-state index contributed by atoms with van der Waals surface area (Å²) in [4.78, 5) is 20.2. The van der Waals surface area contributed by atoms with Crippen LogP contribution in [0.1, 0.15) is 19.8 Å². The summed E-state index contributed by atoms with van der Waals surface area (Å²) in [7, 11) is 0. The molecule has 2 aromatic rings. The van der Waals surface area contributed by atoms with Gasteiger partial charge in [-0.05, 0) is 37.8 Å². The minimum absolute atomic E-state index is 0.184. The summed E-state index contributed by atoms with van der Waals surface area (Å²) < 4.78 is 0. The van der Waals surface area contributed by atoms with Crippen molar-refractivity contribution in [2.24, 2.45) is 5.92 Å². The number of anilines is 1. The van der Waals surface area contributed by atoms with Gasteiger partial charge in [0.2, 0.25) is 0 Å². The van der Waals surface area contributed by atoms with Gasteiger partial charge in [-0.1, -0.05) is 0 Å². The van der Waals surface area contributed by atoms with Crippen molar-refractivity contribution in [2.45, 2.75) is 25.8 Å². The Morgan fingerprint density at radius 2 is 2.15 bits per heavy atom. The third-order valence-corrected chi connectivity index (χ3v) is 4.25. The van der Waals surface area contributed by atoms with Crippen molar-refractivity contribution in [3.8, 4) is 10.6 Å². The van der Waals surface area contributed by atoms with E-state index in [1.165, 1.54) is 24.2 Å². The topological polar surface area (TPSA) is 66.9 Å². The molecule has 0 radical (unpaired) electrons. The van der Waals surface area contributed by atoms with E-state index in [4.69, 9.17) is 0 Å². The van der Waals surface area contributed by atoms with Crippen molar-refractivity contribution in [1.29, 1.82) is 0 Å². The molecule has 2 amide bonds. The lowest BCUT2D eigenvalue weighted by molar-refractivity contribution is 0.248. The zero-order valence-electron chi connectivity index (χ0n) is 11.2. The molecule has 3 rings (SSSR count). The Labute approximate surface area is 121 Å². The van der Waals surface area contributed by atoms with Crippen LogP contribution in [0.4, 0.5) is 10.6 Å². The van der Waals surface area contributed by atoms with Crippen LogP contribution in [0.2, 0.25) is 0 Å². The van der Waals surface area contributed by atoms with Gasteiger partial charge in [-0.2, -0.15) is 0 Å². The van der Waals surface area contributed by atoms with Crippen molar-refractivity contribution in [2.75, 3.05) is 5.32 Å². The first kappa shape index (κ1) is 13.1. The Morgan fingerprint density at radius 1 is 1.40 bits per heavy atom. The van der Waals surface area contributed by atoms with Gasteiger partial charge in [0.25, 0.3) is 0 Å². The minimum Gasteiger partial charge on any atom is -0.335 e. The van der Waals surface area contributed by atoms with Crippen molar-refractivity contribution >= 4 is 23.2 Å². The zero-order valence-corrected chi connectivity index (χ0v) is 12.0. The summed E-state index contributed by atoms with van der Waals surface area (Å²) in [5, 5.41) is 8.44. The third kappa shape index (κ3) is 3.14. The fraction of sp³-hybridized carbons (Fsp3) is 0.357. The molecule has 2 N–H and O–H groups in total. The maximum absolute atomic E-state index is 11.8. The standard InChI is InChI=1S/C14H16N4OS/c1-9(10-2-3-10)16-14(19)18-12-8-20-13(17-12)11-4-6-15-7-5-11/h4-10H,2-3H2,1H3,(H2,16,18,19)/t9-/m0/s1. The lowest BCUT2D eigenvalue weighted by Crippen LogP contribution is -2.37. The molecule has 0 unspecified atom stereocenters. The summed E-state index contributed by atoms with van der Waals surface area (Å²) in [5.41, 5.74) is 1.00. The Balaban J connectivity index is 1.61. The molecule has 2 aromatic heterocycles. The van der Waals surface area contributed by atoms with Crippen LogP contribution in [0.15, 0.2) is 29.9 Å². The van der Waals surface area contributed by atoms with Gasteiger partial charge in [0.05, 0.1) is 0 Å². The molecule has 0 bridgehead atoms. The molecule has 104 valence electrons. The molecule has 0 aromatic carbocycles. The molecule has 1 aliphatic rings. The number of nitrogens with zero attached hydrogens (tertiary/aromatic N) is 2. The van der Waals surface area contributed by atoms with Crippen LogP contribution >= 0.6 is 11.3 Å². The molecule has 1 atom stereocenters. The van der Waals surface area contributed by atoms with E-state index in [0.29, 0.717) is 11.7 Å². The lowest BCUT2D eigenvalue weighted by atomic mass is 10.2. The van der Waals surface area contributed by atoms with E-state index in [1.807, 2.05) is 24.4 Å². The van der Waals surface area contributed by atoms with E-state index in [0.717, 1.165) is 10.6 Å². The first-order valence-corrected chi connectivity index (χ1v) is 7.54. The molecule has 20 heavy (non-hydrogen) atoms. The highest BCUT2D eigenvalue weighted by molar-refractivity contribution is 7.13. The molecule has 2 heterocycles. The van der Waals surface area contributed by atoms with E-state index in [9.17, 15) is 4.79 Å². The predicted octanol–water partition coefficient (Wildman–Crippen LogP) is 3.13. The van der Waals surface area contributed by atoms with E-state index in [2.05, 4.69) is 20.6 Å². The highest BCUT2D eigenvalue weighted by atomic mass is 32.1. The van der Waals surface area contributed by atoms with E-state index >= 15 is 0 Å². The Morgan fingerprint density at radius 3 is 2.85 bits per heavy atom. The van der Waals surface area contributed by atoms with Gasteiger partial charge in [0.15, 0.2) is 0 Å². The van der Waals surface area contributed by atoms with Crippen LogP contribution < -0.4 is 10.6 Å². The van der Waals surface area contributed by atoms with Crippen LogP contribution in [-0.2, 0) is 0 Å². The number of rotatable bonds is 4. The molecular formula is C14H16N4OS. The molecule has 5 nitrogen and oxygen atoms in total. The van der Waals surface area contributed by atoms with E-state index in [-0.39, 0.29) is 12.1 Å². The summed E-state index contributed by atoms with van der Waals surface area (Å²) >= 11 is 1.50. The molecule has 1 fully saturated rings. The van der Waals surface area contributed by atoms with Gasteiger partial charge in [-0.25, -0.2) is 9.78 Å². The van der Waals surface area contributed by atoms with Crippen LogP contribution in [0.3, 0.4) is 0 Å². The lowest BCUT2D eigenvalue weighted by Gasteiger charge is -2.12. The maximum Gasteiger partial charge on any atom is 0.320 e. The van der Waals surface area contributed by atoms with Gasteiger partial charge in [-0.15, -0.1) is 11.3 Å². The number of nitrogens with one attached hydrogen (secondary N) is 2. The van der Waals surface area contributed by atoms with Crippen LogP contribution in [-0.4, -0.2) is 22.0 Å². The highest BCUT2D eigenvalue weighted by Crippen LogP contribution is 2.32. The zero-order chi connectivity index (χ0) is 13.9. The average molecular weight is 288 g/mol. The fourth-order valence-corrected chi connectivity index (χ4v) is 2.79. The first-order valence-electron chi connectivity index (χ1n) is 6.66. The number of pyridine rings is 1. The summed E-state index contributed by atoms with van der Waals surface area (Å²) in [6, 6.07) is 3.85. The summed E-state index contributed by atoms with van der Waals surface area (Å²) in [6.07, 6.45) is 5.89. The van der Waals surface area contributed by atoms with Crippen molar-refractivity contribution in [3.63, 3.8) is 0 Å². The van der Waals surface area contributed by atoms with Crippen LogP contribution in [0, 0.1) is 5.92 Å². The van der Waals surface area contributed by atoms with Crippen LogP contribution in [0.25, 0.3) is 10.6 Å². The van der Waals surface area contributed by atoms with Crippen molar-refractivity contribution in [3.05, 3.63) is 29.9 Å². The quantitative estimate of drug-likeness (QED) is 0.908. The largest absolute Gasteiger partial charge is 0.335 e. The Hall–Kier alpha value is -1.95. The number of thiazole rings is 1. The number of hydrogen-bond acceptors (Lipinski definition) is 4. The minimum atomic E-state index is -0.184. The Bertz CT molecular complexity index is 594.